The molecule has 0 saturated heterocycles. The van der Waals surface area contributed by atoms with Gasteiger partial charge < -0.3 is 15.4 Å². The van der Waals surface area contributed by atoms with Gasteiger partial charge in [0.05, 0.1) is 24.5 Å². The number of aryl methyl sites for hydroxylation is 1. The molecule has 2 N–H and O–H groups in total. The summed E-state index contributed by atoms with van der Waals surface area (Å²) in [5.74, 6) is 0.589. The molecule has 24 heavy (non-hydrogen) atoms. The van der Waals surface area contributed by atoms with Crippen molar-refractivity contribution in [2.75, 3.05) is 12.4 Å². The molecule has 1 aromatic heterocycles. The number of pyridine rings is 1. The summed E-state index contributed by atoms with van der Waals surface area (Å²) >= 11 is 5.57. The van der Waals surface area contributed by atoms with Gasteiger partial charge in [-0.05, 0) is 49.2 Å². The van der Waals surface area contributed by atoms with Gasteiger partial charge in [0, 0.05) is 6.07 Å². The molecule has 0 spiro atoms. The number of benzene rings is 1. The van der Waals surface area contributed by atoms with E-state index >= 15 is 0 Å². The standard InChI is InChI=1S/C19H23N3OS/c1-14-7-3-4-8-16(14)19(11-5-6-12-19)22-18(24)21-15-9-10-17(23-2)20-13-15/h3-4,7-10,13H,5-6,11-12H2,1-2H3,(H2,21,22,24). The van der Waals surface area contributed by atoms with E-state index in [1.165, 1.54) is 24.0 Å². The fourth-order valence-electron chi connectivity index (χ4n) is 3.50. The van der Waals surface area contributed by atoms with E-state index < -0.39 is 0 Å². The molecule has 0 amide bonds. The maximum atomic E-state index is 5.57. The van der Waals surface area contributed by atoms with Crippen molar-refractivity contribution in [2.45, 2.75) is 38.1 Å². The summed E-state index contributed by atoms with van der Waals surface area (Å²) in [7, 11) is 1.60. The van der Waals surface area contributed by atoms with E-state index in [9.17, 15) is 0 Å². The Kier molecular flexibility index (Phi) is 5.00. The van der Waals surface area contributed by atoms with Crippen molar-refractivity contribution in [3.63, 3.8) is 0 Å². The number of aromatic nitrogens is 1. The van der Waals surface area contributed by atoms with Crippen molar-refractivity contribution in [2.24, 2.45) is 0 Å². The first kappa shape index (κ1) is 16.7. The first-order valence-electron chi connectivity index (χ1n) is 8.28. The van der Waals surface area contributed by atoms with Crippen LogP contribution in [0.25, 0.3) is 0 Å². The molecule has 0 atom stereocenters. The number of anilines is 1. The lowest BCUT2D eigenvalue weighted by Crippen LogP contribution is -2.46. The van der Waals surface area contributed by atoms with Crippen molar-refractivity contribution in [1.29, 1.82) is 0 Å². The maximum absolute atomic E-state index is 5.57. The zero-order chi connectivity index (χ0) is 17.0. The van der Waals surface area contributed by atoms with Gasteiger partial charge in [0.1, 0.15) is 0 Å². The molecule has 5 heteroatoms. The topological polar surface area (TPSA) is 46.2 Å². The molecular weight excluding hydrogens is 318 g/mol. The summed E-state index contributed by atoms with van der Waals surface area (Å²) < 4.78 is 5.08. The van der Waals surface area contributed by atoms with E-state index in [0.717, 1.165) is 18.5 Å². The SMILES string of the molecule is COc1ccc(NC(=S)NC2(c3ccccc3C)CCCC2)cn1. The highest BCUT2D eigenvalue weighted by molar-refractivity contribution is 7.80. The molecule has 0 aliphatic heterocycles. The highest BCUT2D eigenvalue weighted by Crippen LogP contribution is 2.40. The summed E-state index contributed by atoms with van der Waals surface area (Å²) in [5, 5.41) is 7.46. The Morgan fingerprint density at radius 2 is 1.92 bits per heavy atom. The second kappa shape index (κ2) is 7.18. The Bertz CT molecular complexity index is 709. The minimum atomic E-state index is -0.0741. The number of methoxy groups -OCH3 is 1. The zero-order valence-electron chi connectivity index (χ0n) is 14.1. The van der Waals surface area contributed by atoms with E-state index in [1.54, 1.807) is 13.3 Å². The fraction of sp³-hybridized carbons (Fsp3) is 0.368. The predicted molar refractivity (Wildman–Crippen MR) is 101 cm³/mol. The Morgan fingerprint density at radius 3 is 2.54 bits per heavy atom. The Morgan fingerprint density at radius 1 is 1.17 bits per heavy atom. The van der Waals surface area contributed by atoms with Gasteiger partial charge in [0.15, 0.2) is 5.11 Å². The molecule has 1 aliphatic carbocycles. The third kappa shape index (κ3) is 3.51. The minimum Gasteiger partial charge on any atom is -0.481 e. The van der Waals surface area contributed by atoms with Gasteiger partial charge in [-0.2, -0.15) is 0 Å². The molecule has 1 aliphatic rings. The number of rotatable bonds is 4. The average molecular weight is 341 g/mol. The second-order valence-corrected chi connectivity index (χ2v) is 6.68. The molecule has 1 saturated carbocycles. The summed E-state index contributed by atoms with van der Waals surface area (Å²) in [4.78, 5) is 4.20. The smallest absolute Gasteiger partial charge is 0.213 e. The van der Waals surface area contributed by atoms with Crippen LogP contribution in [0.4, 0.5) is 5.69 Å². The van der Waals surface area contributed by atoms with Gasteiger partial charge in [-0.15, -0.1) is 0 Å². The van der Waals surface area contributed by atoms with E-state index in [0.29, 0.717) is 11.0 Å². The molecule has 0 bridgehead atoms. The normalized spacial score (nSPS) is 15.8. The Labute approximate surface area is 148 Å². The van der Waals surface area contributed by atoms with Gasteiger partial charge in [0.25, 0.3) is 0 Å². The van der Waals surface area contributed by atoms with Crippen LogP contribution in [-0.4, -0.2) is 17.2 Å². The highest BCUT2D eigenvalue weighted by Gasteiger charge is 2.37. The molecule has 0 unspecified atom stereocenters. The van der Waals surface area contributed by atoms with Crippen LogP contribution in [0.1, 0.15) is 36.8 Å². The molecule has 0 radical (unpaired) electrons. The van der Waals surface area contributed by atoms with Crippen LogP contribution in [0.3, 0.4) is 0 Å². The summed E-state index contributed by atoms with van der Waals surface area (Å²) in [6, 6.07) is 12.3. The summed E-state index contributed by atoms with van der Waals surface area (Å²) in [6.07, 6.45) is 6.35. The maximum Gasteiger partial charge on any atom is 0.213 e. The molecule has 3 rings (SSSR count). The molecule has 1 fully saturated rings. The Balaban J connectivity index is 1.76. The largest absolute Gasteiger partial charge is 0.481 e. The van der Waals surface area contributed by atoms with E-state index in [4.69, 9.17) is 17.0 Å². The number of hydrogen-bond donors (Lipinski definition) is 2. The monoisotopic (exact) mass is 341 g/mol. The van der Waals surface area contributed by atoms with Gasteiger partial charge in [-0.25, -0.2) is 4.98 Å². The number of thiocarbonyl (C=S) groups is 1. The van der Waals surface area contributed by atoms with Crippen molar-refractivity contribution in [1.82, 2.24) is 10.3 Å². The third-order valence-electron chi connectivity index (χ3n) is 4.67. The summed E-state index contributed by atoms with van der Waals surface area (Å²) in [6.45, 7) is 2.17. The van der Waals surface area contributed by atoms with Crippen molar-refractivity contribution in [3.8, 4) is 5.88 Å². The molecular formula is C19H23N3OS. The van der Waals surface area contributed by atoms with Gasteiger partial charge in [-0.1, -0.05) is 37.1 Å². The van der Waals surface area contributed by atoms with E-state index in [2.05, 4.69) is 46.8 Å². The lowest BCUT2D eigenvalue weighted by molar-refractivity contribution is 0.398. The first-order chi connectivity index (χ1) is 11.6. The van der Waals surface area contributed by atoms with Crippen LogP contribution in [0.5, 0.6) is 5.88 Å². The molecule has 126 valence electrons. The quantitative estimate of drug-likeness (QED) is 0.818. The molecule has 1 aromatic carbocycles. The molecule has 1 heterocycles. The van der Waals surface area contributed by atoms with Crippen LogP contribution >= 0.6 is 12.2 Å². The number of ether oxygens (including phenoxy) is 1. The first-order valence-corrected chi connectivity index (χ1v) is 8.69. The van der Waals surface area contributed by atoms with Crippen LogP contribution in [-0.2, 0) is 5.54 Å². The van der Waals surface area contributed by atoms with Crippen molar-refractivity contribution < 1.29 is 4.74 Å². The number of nitrogens with one attached hydrogen (secondary N) is 2. The van der Waals surface area contributed by atoms with Crippen LogP contribution in [0.15, 0.2) is 42.6 Å². The second-order valence-electron chi connectivity index (χ2n) is 6.27. The van der Waals surface area contributed by atoms with Crippen molar-refractivity contribution in [3.05, 3.63) is 53.7 Å². The van der Waals surface area contributed by atoms with Crippen molar-refractivity contribution >= 4 is 23.0 Å². The van der Waals surface area contributed by atoms with Gasteiger partial charge in [-0.3, -0.25) is 0 Å². The van der Waals surface area contributed by atoms with Gasteiger partial charge >= 0.3 is 0 Å². The lowest BCUT2D eigenvalue weighted by Gasteiger charge is -2.33. The number of hydrogen-bond acceptors (Lipinski definition) is 3. The third-order valence-corrected chi connectivity index (χ3v) is 4.88. The summed E-state index contributed by atoms with van der Waals surface area (Å²) in [5.41, 5.74) is 3.43. The van der Waals surface area contributed by atoms with E-state index in [1.807, 2.05) is 12.1 Å². The van der Waals surface area contributed by atoms with Gasteiger partial charge in [0.2, 0.25) is 5.88 Å². The lowest BCUT2D eigenvalue weighted by atomic mass is 9.85. The minimum absolute atomic E-state index is 0.0741. The average Bonchev–Trinajstić information content (AvgIpc) is 3.05. The Hall–Kier alpha value is -2.14. The fourth-order valence-corrected chi connectivity index (χ4v) is 3.82. The molecule has 2 aromatic rings. The number of nitrogens with zero attached hydrogens (tertiary/aromatic N) is 1. The van der Waals surface area contributed by atoms with E-state index in [-0.39, 0.29) is 5.54 Å². The predicted octanol–water partition coefficient (Wildman–Crippen LogP) is 4.15. The van der Waals surface area contributed by atoms with Crippen LogP contribution in [0, 0.1) is 6.92 Å². The van der Waals surface area contributed by atoms with Crippen LogP contribution < -0.4 is 15.4 Å². The molecule has 4 nitrogen and oxygen atoms in total. The zero-order valence-corrected chi connectivity index (χ0v) is 15.0. The van der Waals surface area contributed by atoms with Crippen LogP contribution in [0.2, 0.25) is 0 Å². The highest BCUT2D eigenvalue weighted by atomic mass is 32.1.